The second kappa shape index (κ2) is 15.2. The molecular weight excluding hydrogens is 346 g/mol. The third kappa shape index (κ3) is 12.0. The number of rotatable bonds is 5. The summed E-state index contributed by atoms with van der Waals surface area (Å²) in [6, 6.07) is 0.679. The van der Waals surface area contributed by atoms with E-state index in [0.717, 1.165) is 17.8 Å². The molecule has 2 fully saturated rings. The maximum atomic E-state index is 11.0. The molecule has 3 heteroatoms. The van der Waals surface area contributed by atoms with Crippen LogP contribution in [0.4, 0.5) is 0 Å². The summed E-state index contributed by atoms with van der Waals surface area (Å²) in [4.78, 5) is 20.5. The van der Waals surface area contributed by atoms with Crippen molar-refractivity contribution in [2.24, 2.45) is 29.6 Å². The monoisotopic (exact) mass is 395 g/mol. The number of Topliss-reactive ketones (excluding diaryl/α,β-unsaturated/α-hetero) is 2. The molecule has 0 aliphatic heterocycles. The predicted molar refractivity (Wildman–Crippen MR) is 122 cm³/mol. The van der Waals surface area contributed by atoms with Crippen molar-refractivity contribution in [3.05, 3.63) is 0 Å². The first-order chi connectivity index (χ1) is 13.1. The molecule has 166 valence electrons. The molecule has 3 nitrogen and oxygen atoms in total. The van der Waals surface area contributed by atoms with Crippen molar-refractivity contribution >= 4 is 11.6 Å². The average Bonchev–Trinajstić information content (AvgIpc) is 2.67. The Morgan fingerprint density at radius 2 is 1.25 bits per heavy atom. The smallest absolute Gasteiger partial charge is 0.132 e. The molecule has 2 saturated carbocycles. The van der Waals surface area contributed by atoms with Gasteiger partial charge < -0.3 is 10.1 Å². The van der Waals surface area contributed by atoms with Crippen LogP contribution in [0.15, 0.2) is 0 Å². The predicted octanol–water partition coefficient (Wildman–Crippen LogP) is 6.44. The van der Waals surface area contributed by atoms with Gasteiger partial charge in [0, 0.05) is 12.0 Å². The van der Waals surface area contributed by atoms with E-state index in [1.807, 2.05) is 0 Å². The molecule has 1 N–H and O–H groups in total. The lowest BCUT2D eigenvalue weighted by Crippen LogP contribution is -2.34. The molecule has 3 atom stereocenters. The molecule has 3 unspecified atom stereocenters. The van der Waals surface area contributed by atoms with Gasteiger partial charge in [0.2, 0.25) is 0 Å². The van der Waals surface area contributed by atoms with Gasteiger partial charge in [0.15, 0.2) is 0 Å². The standard InChI is InChI=1S/C12H25N.C10H18O.C3H6O/c1-9-5-7-12(8-6-9)10(2)11(3)13-4;1-8(9(2)11)10-6-4-3-5-7-10;1-3(2)4/h9-13H,5-8H2,1-4H3;8,10H,3-7H2,1-2H3;1-2H3. The molecule has 0 bridgehead atoms. The highest BCUT2D eigenvalue weighted by Crippen LogP contribution is 2.34. The minimum absolute atomic E-state index is 0.167. The number of hydrogen-bond donors (Lipinski definition) is 1. The normalized spacial score (nSPS) is 25.9. The van der Waals surface area contributed by atoms with Crippen molar-refractivity contribution in [2.45, 2.75) is 112 Å². The van der Waals surface area contributed by atoms with Crippen LogP contribution in [0.25, 0.3) is 0 Å². The number of carbonyl (C=O) groups is 2. The van der Waals surface area contributed by atoms with Crippen molar-refractivity contribution in [2.75, 3.05) is 7.05 Å². The Labute approximate surface area is 175 Å². The zero-order chi connectivity index (χ0) is 21.7. The van der Waals surface area contributed by atoms with Crippen LogP contribution in [0.5, 0.6) is 0 Å². The van der Waals surface area contributed by atoms with Crippen molar-refractivity contribution in [1.82, 2.24) is 5.32 Å². The van der Waals surface area contributed by atoms with Crippen LogP contribution in [0.1, 0.15) is 106 Å². The Morgan fingerprint density at radius 3 is 1.64 bits per heavy atom. The summed E-state index contributed by atoms with van der Waals surface area (Å²) in [6.45, 7) is 14.0. The van der Waals surface area contributed by atoms with Gasteiger partial charge >= 0.3 is 0 Å². The average molecular weight is 396 g/mol. The summed E-state index contributed by atoms with van der Waals surface area (Å²) in [5.41, 5.74) is 0. The highest BCUT2D eigenvalue weighted by atomic mass is 16.1. The van der Waals surface area contributed by atoms with Crippen LogP contribution in [-0.4, -0.2) is 24.7 Å². The Hall–Kier alpha value is -0.700. The van der Waals surface area contributed by atoms with E-state index < -0.39 is 0 Å². The fourth-order valence-electron chi connectivity index (χ4n) is 4.45. The lowest BCUT2D eigenvalue weighted by molar-refractivity contribution is -0.122. The minimum Gasteiger partial charge on any atom is -0.317 e. The molecular formula is C25H49NO2. The first-order valence-electron chi connectivity index (χ1n) is 11.7. The van der Waals surface area contributed by atoms with Crippen LogP contribution in [0.2, 0.25) is 0 Å². The van der Waals surface area contributed by atoms with Gasteiger partial charge in [-0.3, -0.25) is 4.79 Å². The van der Waals surface area contributed by atoms with Crippen molar-refractivity contribution in [3.8, 4) is 0 Å². The van der Waals surface area contributed by atoms with Gasteiger partial charge in [-0.1, -0.05) is 52.9 Å². The van der Waals surface area contributed by atoms with Gasteiger partial charge in [0.1, 0.15) is 11.6 Å². The largest absolute Gasteiger partial charge is 0.317 e. The molecule has 0 aromatic rings. The SMILES string of the molecule is CC(=O)C(C)C1CCCCC1.CC(C)=O.CNC(C)C(C)C1CCC(C)CC1. The van der Waals surface area contributed by atoms with Crippen LogP contribution >= 0.6 is 0 Å². The first kappa shape index (κ1) is 27.3. The van der Waals surface area contributed by atoms with Gasteiger partial charge in [-0.25, -0.2) is 0 Å². The van der Waals surface area contributed by atoms with E-state index in [2.05, 4.69) is 40.1 Å². The van der Waals surface area contributed by atoms with Gasteiger partial charge in [-0.2, -0.15) is 0 Å². The maximum absolute atomic E-state index is 11.0. The van der Waals surface area contributed by atoms with E-state index >= 15 is 0 Å². The third-order valence-electron chi connectivity index (χ3n) is 7.05. The second-order valence-corrected chi connectivity index (χ2v) is 9.66. The summed E-state index contributed by atoms with van der Waals surface area (Å²) >= 11 is 0. The molecule has 0 heterocycles. The van der Waals surface area contributed by atoms with Gasteiger partial charge in [-0.05, 0) is 84.1 Å². The first-order valence-corrected chi connectivity index (χ1v) is 11.7. The highest BCUT2D eigenvalue weighted by molar-refractivity contribution is 5.78. The van der Waals surface area contributed by atoms with Crippen molar-refractivity contribution in [1.29, 1.82) is 0 Å². The number of nitrogens with one attached hydrogen (secondary N) is 1. The lowest BCUT2D eigenvalue weighted by Gasteiger charge is -2.33. The van der Waals surface area contributed by atoms with E-state index in [1.54, 1.807) is 6.92 Å². The molecule has 0 amide bonds. The molecule has 0 aromatic heterocycles. The molecule has 2 rings (SSSR count). The van der Waals surface area contributed by atoms with E-state index in [4.69, 9.17) is 0 Å². The topological polar surface area (TPSA) is 46.2 Å². The zero-order valence-electron chi connectivity index (χ0n) is 20.1. The Morgan fingerprint density at radius 1 is 0.786 bits per heavy atom. The summed E-state index contributed by atoms with van der Waals surface area (Å²) in [5, 5.41) is 3.37. The van der Waals surface area contributed by atoms with Gasteiger partial charge in [-0.15, -0.1) is 0 Å². The molecule has 0 spiro atoms. The van der Waals surface area contributed by atoms with Crippen molar-refractivity contribution < 1.29 is 9.59 Å². The van der Waals surface area contributed by atoms with Crippen molar-refractivity contribution in [3.63, 3.8) is 0 Å². The van der Waals surface area contributed by atoms with E-state index in [0.29, 0.717) is 23.7 Å². The fourth-order valence-corrected chi connectivity index (χ4v) is 4.45. The summed E-state index contributed by atoms with van der Waals surface area (Å²) in [6.07, 6.45) is 12.4. The van der Waals surface area contributed by atoms with Crippen LogP contribution in [0, 0.1) is 29.6 Å². The highest BCUT2D eigenvalue weighted by Gasteiger charge is 2.25. The summed E-state index contributed by atoms with van der Waals surface area (Å²) in [7, 11) is 2.08. The Bertz CT molecular complexity index is 416. The second-order valence-electron chi connectivity index (χ2n) is 9.66. The number of carbonyl (C=O) groups excluding carboxylic acids is 2. The Kier molecular flexibility index (Phi) is 14.8. The lowest BCUT2D eigenvalue weighted by atomic mass is 9.75. The molecule has 2 aliphatic carbocycles. The van der Waals surface area contributed by atoms with Crippen LogP contribution in [-0.2, 0) is 9.59 Å². The molecule has 0 saturated heterocycles. The van der Waals surface area contributed by atoms with Gasteiger partial charge in [0.25, 0.3) is 0 Å². The minimum atomic E-state index is 0.167. The van der Waals surface area contributed by atoms with Crippen LogP contribution < -0.4 is 5.32 Å². The van der Waals surface area contributed by atoms with Crippen LogP contribution in [0.3, 0.4) is 0 Å². The maximum Gasteiger partial charge on any atom is 0.132 e. The molecule has 0 aromatic carbocycles. The number of hydrogen-bond acceptors (Lipinski definition) is 3. The molecule has 0 radical (unpaired) electrons. The van der Waals surface area contributed by atoms with E-state index in [-0.39, 0.29) is 5.78 Å². The van der Waals surface area contributed by atoms with Gasteiger partial charge in [0.05, 0.1) is 0 Å². The molecule has 2 aliphatic rings. The summed E-state index contributed by atoms with van der Waals surface area (Å²) < 4.78 is 0. The van der Waals surface area contributed by atoms with E-state index in [1.165, 1.54) is 71.6 Å². The third-order valence-corrected chi connectivity index (χ3v) is 7.05. The van der Waals surface area contributed by atoms with E-state index in [9.17, 15) is 9.59 Å². The Balaban J connectivity index is 0.000000442. The number of ketones is 2. The fraction of sp³-hybridized carbons (Fsp3) is 0.920. The summed E-state index contributed by atoms with van der Waals surface area (Å²) in [5.74, 6) is 4.35. The zero-order valence-corrected chi connectivity index (χ0v) is 20.1. The molecule has 28 heavy (non-hydrogen) atoms. The quantitative estimate of drug-likeness (QED) is 0.582.